The van der Waals surface area contributed by atoms with Gasteiger partial charge in [0.05, 0.1) is 23.1 Å². The van der Waals surface area contributed by atoms with E-state index in [0.29, 0.717) is 18.4 Å². The minimum Gasteiger partial charge on any atom is -0.480 e. The third-order valence-corrected chi connectivity index (χ3v) is 4.12. The van der Waals surface area contributed by atoms with Gasteiger partial charge < -0.3 is 10.4 Å². The van der Waals surface area contributed by atoms with Crippen molar-refractivity contribution < 1.29 is 14.7 Å². The number of hydrogen-bond donors (Lipinski definition) is 2. The Morgan fingerprint density at radius 3 is 2.52 bits per heavy atom. The van der Waals surface area contributed by atoms with Crippen molar-refractivity contribution in [2.24, 2.45) is 0 Å². The Morgan fingerprint density at radius 2 is 1.96 bits per heavy atom. The largest absolute Gasteiger partial charge is 0.480 e. The molecule has 0 radical (unpaired) electrons. The number of carboxylic acids is 1. The van der Waals surface area contributed by atoms with Crippen LogP contribution in [-0.4, -0.2) is 32.8 Å². The van der Waals surface area contributed by atoms with E-state index in [-0.39, 0.29) is 5.92 Å². The number of nitrogens with one attached hydrogen (secondary N) is 1. The third-order valence-electron chi connectivity index (χ3n) is 4.12. The molecule has 2 aromatic rings. The zero-order valence-electron chi connectivity index (χ0n) is 15.1. The third kappa shape index (κ3) is 4.07. The molecule has 6 heteroatoms. The number of aliphatic carboxylic acids is 1. The first-order valence-electron chi connectivity index (χ1n) is 8.54. The molecule has 134 valence electrons. The fourth-order valence-electron chi connectivity index (χ4n) is 2.86. The molecule has 0 aliphatic rings. The second-order valence-electron chi connectivity index (χ2n) is 6.45. The lowest BCUT2D eigenvalue weighted by Gasteiger charge is -2.16. The number of rotatable bonds is 7. The second kappa shape index (κ2) is 7.96. The summed E-state index contributed by atoms with van der Waals surface area (Å²) in [5.41, 5.74) is 3.15. The summed E-state index contributed by atoms with van der Waals surface area (Å²) >= 11 is 0. The highest BCUT2D eigenvalue weighted by molar-refractivity contribution is 5.97. The molecule has 25 heavy (non-hydrogen) atoms. The minimum absolute atomic E-state index is 0.0531. The van der Waals surface area contributed by atoms with Crippen molar-refractivity contribution in [1.29, 1.82) is 0 Å². The molecule has 0 spiro atoms. The lowest BCUT2D eigenvalue weighted by Crippen LogP contribution is -2.40. The first-order chi connectivity index (χ1) is 11.9. The van der Waals surface area contributed by atoms with Gasteiger partial charge in [0.25, 0.3) is 5.91 Å². The number of benzene rings is 1. The predicted molar refractivity (Wildman–Crippen MR) is 96.2 cm³/mol. The van der Waals surface area contributed by atoms with Crippen LogP contribution >= 0.6 is 0 Å². The summed E-state index contributed by atoms with van der Waals surface area (Å²) in [4.78, 5) is 24.0. The number of para-hydroxylation sites is 1. The van der Waals surface area contributed by atoms with Gasteiger partial charge in [0.15, 0.2) is 0 Å². The Hall–Kier alpha value is -2.63. The molecule has 1 unspecified atom stereocenters. The number of carbonyl (C=O) groups is 2. The molecule has 2 rings (SSSR count). The van der Waals surface area contributed by atoms with E-state index in [0.717, 1.165) is 16.9 Å². The SMILES string of the molecule is CCCC(NC(=O)c1cnn(-c2ccccc2C)c1C(C)C)C(=O)O. The maximum atomic E-state index is 12.7. The van der Waals surface area contributed by atoms with Crippen LogP contribution in [-0.2, 0) is 4.79 Å². The highest BCUT2D eigenvalue weighted by Gasteiger charge is 2.25. The minimum atomic E-state index is -1.02. The normalized spacial score (nSPS) is 12.2. The molecule has 0 aliphatic heterocycles. The average Bonchev–Trinajstić information content (AvgIpc) is 2.99. The van der Waals surface area contributed by atoms with Crippen molar-refractivity contribution in [3.63, 3.8) is 0 Å². The van der Waals surface area contributed by atoms with Crippen molar-refractivity contribution >= 4 is 11.9 Å². The number of aryl methyl sites for hydroxylation is 1. The Labute approximate surface area is 147 Å². The van der Waals surface area contributed by atoms with Crippen molar-refractivity contribution in [3.8, 4) is 5.69 Å². The first kappa shape index (κ1) is 18.7. The number of carboxylic acid groups (broad SMARTS) is 1. The Balaban J connectivity index is 2.41. The fraction of sp³-hybridized carbons (Fsp3) is 0.421. The highest BCUT2D eigenvalue weighted by atomic mass is 16.4. The van der Waals surface area contributed by atoms with Crippen molar-refractivity contribution in [2.45, 2.75) is 52.5 Å². The Morgan fingerprint density at radius 1 is 1.28 bits per heavy atom. The van der Waals surface area contributed by atoms with E-state index in [4.69, 9.17) is 0 Å². The van der Waals surface area contributed by atoms with Crippen LogP contribution in [0.4, 0.5) is 0 Å². The van der Waals surface area contributed by atoms with Gasteiger partial charge in [-0.15, -0.1) is 0 Å². The molecule has 0 saturated carbocycles. The van der Waals surface area contributed by atoms with Gasteiger partial charge in [-0.2, -0.15) is 5.10 Å². The monoisotopic (exact) mass is 343 g/mol. The summed E-state index contributed by atoms with van der Waals surface area (Å²) in [5.74, 6) is -1.37. The summed E-state index contributed by atoms with van der Waals surface area (Å²) in [6.45, 7) is 7.85. The standard InChI is InChI=1S/C19H25N3O3/c1-5-8-15(19(24)25)21-18(23)14-11-20-22(17(14)12(2)3)16-10-7-6-9-13(16)4/h6-7,9-12,15H,5,8H2,1-4H3,(H,21,23)(H,24,25). The maximum absolute atomic E-state index is 12.7. The average molecular weight is 343 g/mol. The van der Waals surface area contributed by atoms with E-state index in [1.807, 2.05) is 52.0 Å². The van der Waals surface area contributed by atoms with Crippen LogP contribution in [0.3, 0.4) is 0 Å². The smallest absolute Gasteiger partial charge is 0.326 e. The molecule has 0 aliphatic carbocycles. The van der Waals surface area contributed by atoms with Gasteiger partial charge in [0.2, 0.25) is 0 Å². The Bertz CT molecular complexity index is 765. The fourth-order valence-corrected chi connectivity index (χ4v) is 2.86. The Kier molecular flexibility index (Phi) is 5.96. The van der Waals surface area contributed by atoms with Gasteiger partial charge in [0.1, 0.15) is 6.04 Å². The molecule has 2 N–H and O–H groups in total. The van der Waals surface area contributed by atoms with Crippen LogP contribution in [0.25, 0.3) is 5.69 Å². The summed E-state index contributed by atoms with van der Waals surface area (Å²) in [6, 6.07) is 6.93. The summed E-state index contributed by atoms with van der Waals surface area (Å²) in [5, 5.41) is 16.3. The number of amides is 1. The van der Waals surface area contributed by atoms with Gasteiger partial charge in [-0.25, -0.2) is 9.48 Å². The number of aromatic nitrogens is 2. The molecule has 1 atom stereocenters. The van der Waals surface area contributed by atoms with Crippen LogP contribution in [0, 0.1) is 6.92 Å². The van der Waals surface area contributed by atoms with E-state index >= 15 is 0 Å². The van der Waals surface area contributed by atoms with E-state index in [1.54, 1.807) is 4.68 Å². The van der Waals surface area contributed by atoms with Crippen LogP contribution < -0.4 is 5.32 Å². The first-order valence-corrected chi connectivity index (χ1v) is 8.54. The summed E-state index contributed by atoms with van der Waals surface area (Å²) in [6.07, 6.45) is 2.59. The van der Waals surface area contributed by atoms with E-state index in [2.05, 4.69) is 10.4 Å². The number of hydrogen-bond acceptors (Lipinski definition) is 3. The van der Waals surface area contributed by atoms with Crippen molar-refractivity contribution in [3.05, 3.63) is 47.3 Å². The molecule has 1 heterocycles. The molecular weight excluding hydrogens is 318 g/mol. The summed E-state index contributed by atoms with van der Waals surface area (Å²) in [7, 11) is 0. The zero-order valence-corrected chi connectivity index (χ0v) is 15.1. The van der Waals surface area contributed by atoms with E-state index in [9.17, 15) is 14.7 Å². The van der Waals surface area contributed by atoms with Crippen LogP contribution in [0.5, 0.6) is 0 Å². The number of carbonyl (C=O) groups excluding carboxylic acids is 1. The highest BCUT2D eigenvalue weighted by Crippen LogP contribution is 2.24. The van der Waals surface area contributed by atoms with Crippen LogP contribution in [0.15, 0.2) is 30.5 Å². The molecule has 1 aromatic carbocycles. The van der Waals surface area contributed by atoms with Gasteiger partial charge >= 0.3 is 5.97 Å². The molecule has 1 amide bonds. The number of nitrogens with zero attached hydrogens (tertiary/aromatic N) is 2. The van der Waals surface area contributed by atoms with Gasteiger partial charge in [0, 0.05) is 0 Å². The molecule has 1 aromatic heterocycles. The molecule has 0 saturated heterocycles. The molecule has 0 fully saturated rings. The molecule has 6 nitrogen and oxygen atoms in total. The quantitative estimate of drug-likeness (QED) is 0.808. The van der Waals surface area contributed by atoms with Crippen molar-refractivity contribution in [2.75, 3.05) is 0 Å². The predicted octanol–water partition coefficient (Wildman–Crippen LogP) is 3.29. The van der Waals surface area contributed by atoms with Gasteiger partial charge in [-0.1, -0.05) is 45.4 Å². The van der Waals surface area contributed by atoms with E-state index in [1.165, 1.54) is 6.20 Å². The summed E-state index contributed by atoms with van der Waals surface area (Å²) < 4.78 is 1.77. The van der Waals surface area contributed by atoms with Gasteiger partial charge in [-0.05, 0) is 30.9 Å². The molecule has 0 bridgehead atoms. The second-order valence-corrected chi connectivity index (χ2v) is 6.45. The topological polar surface area (TPSA) is 84.2 Å². The maximum Gasteiger partial charge on any atom is 0.326 e. The van der Waals surface area contributed by atoms with Crippen LogP contribution in [0.2, 0.25) is 0 Å². The lowest BCUT2D eigenvalue weighted by atomic mass is 10.0. The van der Waals surface area contributed by atoms with Crippen LogP contribution in [0.1, 0.15) is 61.1 Å². The van der Waals surface area contributed by atoms with Gasteiger partial charge in [-0.3, -0.25) is 4.79 Å². The zero-order chi connectivity index (χ0) is 18.6. The van der Waals surface area contributed by atoms with Crippen molar-refractivity contribution in [1.82, 2.24) is 15.1 Å². The van der Waals surface area contributed by atoms with E-state index < -0.39 is 17.9 Å². The lowest BCUT2D eigenvalue weighted by molar-refractivity contribution is -0.139. The molecular formula is C19H25N3O3.